The number of carbonyl (C=O) groups excluding carboxylic acids is 2. The van der Waals surface area contributed by atoms with Gasteiger partial charge in [-0.25, -0.2) is 9.48 Å². The van der Waals surface area contributed by atoms with Gasteiger partial charge in [-0.3, -0.25) is 4.79 Å². The van der Waals surface area contributed by atoms with Gasteiger partial charge in [-0.1, -0.05) is 18.2 Å². The number of amides is 1. The number of hydrogen-bond donors (Lipinski definition) is 1. The van der Waals surface area contributed by atoms with Crippen molar-refractivity contribution in [3.8, 4) is 5.69 Å². The monoisotopic (exact) mass is 299 g/mol. The minimum Gasteiger partial charge on any atom is -0.448 e. The van der Waals surface area contributed by atoms with Crippen molar-refractivity contribution < 1.29 is 14.3 Å². The van der Waals surface area contributed by atoms with Crippen LogP contribution in [0.3, 0.4) is 0 Å². The van der Waals surface area contributed by atoms with Gasteiger partial charge in [0.25, 0.3) is 5.91 Å². The third-order valence-electron chi connectivity index (χ3n) is 3.62. The lowest BCUT2D eigenvalue weighted by atomic mass is 10.2. The summed E-state index contributed by atoms with van der Waals surface area (Å²) in [6, 6.07) is 11.1. The minimum absolute atomic E-state index is 0.307. The molecule has 0 saturated heterocycles. The van der Waals surface area contributed by atoms with E-state index in [1.54, 1.807) is 10.7 Å². The van der Waals surface area contributed by atoms with Crippen molar-refractivity contribution in [2.24, 2.45) is 5.73 Å². The molecule has 6 nitrogen and oxygen atoms in total. The van der Waals surface area contributed by atoms with Crippen LogP contribution in [0.5, 0.6) is 0 Å². The van der Waals surface area contributed by atoms with Crippen LogP contribution in [0.15, 0.2) is 36.4 Å². The van der Waals surface area contributed by atoms with Crippen LogP contribution in [0.25, 0.3) is 5.69 Å². The number of nitrogens with zero attached hydrogens (tertiary/aromatic N) is 2. The molecular formula is C16H17N3O3. The Balaban J connectivity index is 1.95. The molecule has 0 spiro atoms. The molecule has 0 aliphatic heterocycles. The number of aromatic nitrogens is 2. The van der Waals surface area contributed by atoms with Gasteiger partial charge in [-0.05, 0) is 38.0 Å². The van der Waals surface area contributed by atoms with Crippen molar-refractivity contribution in [2.45, 2.75) is 31.8 Å². The Morgan fingerprint density at radius 3 is 2.59 bits per heavy atom. The predicted molar refractivity (Wildman–Crippen MR) is 79.6 cm³/mol. The molecule has 1 amide bonds. The second kappa shape index (κ2) is 5.63. The van der Waals surface area contributed by atoms with Crippen molar-refractivity contribution in [1.29, 1.82) is 0 Å². The highest BCUT2D eigenvalue weighted by Gasteiger charge is 2.30. The number of para-hydroxylation sites is 1. The minimum atomic E-state index is -0.976. The van der Waals surface area contributed by atoms with Gasteiger partial charge in [0.15, 0.2) is 11.8 Å². The molecule has 2 N–H and O–H groups in total. The van der Waals surface area contributed by atoms with Crippen molar-refractivity contribution >= 4 is 11.9 Å². The summed E-state index contributed by atoms with van der Waals surface area (Å²) in [7, 11) is 0. The van der Waals surface area contributed by atoms with E-state index in [9.17, 15) is 9.59 Å². The van der Waals surface area contributed by atoms with Gasteiger partial charge in [-0.2, -0.15) is 5.10 Å². The van der Waals surface area contributed by atoms with Crippen LogP contribution in [-0.2, 0) is 9.53 Å². The second-order valence-corrected chi connectivity index (χ2v) is 5.43. The quantitative estimate of drug-likeness (QED) is 0.852. The molecule has 1 atom stereocenters. The predicted octanol–water partition coefficient (Wildman–Crippen LogP) is 1.78. The summed E-state index contributed by atoms with van der Waals surface area (Å²) < 4.78 is 6.66. The Bertz CT molecular complexity index is 705. The number of benzene rings is 1. The highest BCUT2D eigenvalue weighted by atomic mass is 16.5. The Morgan fingerprint density at radius 1 is 1.32 bits per heavy atom. The van der Waals surface area contributed by atoms with Gasteiger partial charge in [0.1, 0.15) is 0 Å². The first kappa shape index (κ1) is 14.3. The maximum atomic E-state index is 12.3. The summed E-state index contributed by atoms with van der Waals surface area (Å²) in [5, 5.41) is 4.52. The number of ether oxygens (including phenoxy) is 1. The highest BCUT2D eigenvalue weighted by Crippen LogP contribution is 2.39. The SMILES string of the molecule is CC(OC(=O)c1cc(C2CC2)nn1-c1ccccc1)C(N)=O. The summed E-state index contributed by atoms with van der Waals surface area (Å²) >= 11 is 0. The molecule has 0 radical (unpaired) electrons. The molecule has 3 rings (SSSR count). The van der Waals surface area contributed by atoms with Crippen LogP contribution in [-0.4, -0.2) is 27.8 Å². The van der Waals surface area contributed by atoms with Crippen LogP contribution in [0.2, 0.25) is 0 Å². The number of carbonyl (C=O) groups is 2. The van der Waals surface area contributed by atoms with E-state index in [2.05, 4.69) is 5.10 Å². The zero-order valence-corrected chi connectivity index (χ0v) is 12.2. The normalized spacial score (nSPS) is 15.3. The van der Waals surface area contributed by atoms with E-state index in [-0.39, 0.29) is 0 Å². The molecule has 1 saturated carbocycles. The van der Waals surface area contributed by atoms with Crippen LogP contribution >= 0.6 is 0 Å². The molecule has 6 heteroatoms. The standard InChI is InChI=1S/C16H17N3O3/c1-10(15(17)20)22-16(21)14-9-13(11-7-8-11)18-19(14)12-5-3-2-4-6-12/h2-6,9-11H,7-8H2,1H3,(H2,17,20). The van der Waals surface area contributed by atoms with Crippen molar-refractivity contribution in [3.05, 3.63) is 47.8 Å². The van der Waals surface area contributed by atoms with Gasteiger partial charge in [0, 0.05) is 5.92 Å². The maximum absolute atomic E-state index is 12.3. The molecule has 2 aromatic rings. The summed E-state index contributed by atoms with van der Waals surface area (Å²) in [6.07, 6.45) is 1.19. The highest BCUT2D eigenvalue weighted by molar-refractivity contribution is 5.91. The van der Waals surface area contributed by atoms with E-state index >= 15 is 0 Å². The first-order chi connectivity index (χ1) is 10.6. The van der Waals surface area contributed by atoms with Crippen LogP contribution in [0, 0.1) is 0 Å². The zero-order valence-electron chi connectivity index (χ0n) is 12.2. The molecule has 1 aliphatic rings. The lowest BCUT2D eigenvalue weighted by Gasteiger charge is -2.10. The summed E-state index contributed by atoms with van der Waals surface area (Å²) in [5.41, 5.74) is 7.09. The molecule has 114 valence electrons. The van der Waals surface area contributed by atoms with E-state index in [1.165, 1.54) is 6.92 Å². The van der Waals surface area contributed by atoms with Crippen molar-refractivity contribution in [3.63, 3.8) is 0 Å². The van der Waals surface area contributed by atoms with E-state index < -0.39 is 18.0 Å². The number of hydrogen-bond acceptors (Lipinski definition) is 4. The molecule has 1 fully saturated rings. The number of rotatable bonds is 5. The van der Waals surface area contributed by atoms with E-state index in [4.69, 9.17) is 10.5 Å². The number of esters is 1. The molecule has 22 heavy (non-hydrogen) atoms. The Labute approximate surface area is 127 Å². The van der Waals surface area contributed by atoms with Gasteiger partial charge < -0.3 is 10.5 Å². The lowest BCUT2D eigenvalue weighted by Crippen LogP contribution is -2.31. The fourth-order valence-electron chi connectivity index (χ4n) is 2.17. The largest absolute Gasteiger partial charge is 0.448 e. The van der Waals surface area contributed by atoms with Crippen LogP contribution in [0.4, 0.5) is 0 Å². The van der Waals surface area contributed by atoms with Gasteiger partial charge in [0.05, 0.1) is 11.4 Å². The first-order valence-corrected chi connectivity index (χ1v) is 7.22. The molecule has 1 aliphatic carbocycles. The van der Waals surface area contributed by atoms with Crippen LogP contribution in [0.1, 0.15) is 41.9 Å². The molecule has 0 bridgehead atoms. The van der Waals surface area contributed by atoms with E-state index in [0.29, 0.717) is 11.6 Å². The molecule has 1 unspecified atom stereocenters. The number of primary amides is 1. The maximum Gasteiger partial charge on any atom is 0.357 e. The fraction of sp³-hybridized carbons (Fsp3) is 0.312. The van der Waals surface area contributed by atoms with Gasteiger partial charge in [0.2, 0.25) is 0 Å². The van der Waals surface area contributed by atoms with Crippen molar-refractivity contribution in [1.82, 2.24) is 9.78 Å². The Morgan fingerprint density at radius 2 is 2.00 bits per heavy atom. The molecule has 1 aromatic heterocycles. The number of nitrogens with two attached hydrogens (primary N) is 1. The summed E-state index contributed by atoms with van der Waals surface area (Å²) in [5.74, 6) is -0.874. The average molecular weight is 299 g/mol. The summed E-state index contributed by atoms with van der Waals surface area (Å²) in [6.45, 7) is 1.45. The van der Waals surface area contributed by atoms with Crippen LogP contribution < -0.4 is 5.73 Å². The average Bonchev–Trinajstić information content (AvgIpc) is 3.26. The molecular weight excluding hydrogens is 282 g/mol. The topological polar surface area (TPSA) is 87.2 Å². The molecule has 1 heterocycles. The first-order valence-electron chi connectivity index (χ1n) is 7.22. The van der Waals surface area contributed by atoms with E-state index in [1.807, 2.05) is 30.3 Å². The third kappa shape index (κ3) is 2.86. The summed E-state index contributed by atoms with van der Waals surface area (Å²) in [4.78, 5) is 23.4. The van der Waals surface area contributed by atoms with Gasteiger partial charge >= 0.3 is 5.97 Å². The Kier molecular flexibility index (Phi) is 3.66. The smallest absolute Gasteiger partial charge is 0.357 e. The Hall–Kier alpha value is -2.63. The second-order valence-electron chi connectivity index (χ2n) is 5.43. The fourth-order valence-corrected chi connectivity index (χ4v) is 2.17. The van der Waals surface area contributed by atoms with Crippen molar-refractivity contribution in [2.75, 3.05) is 0 Å². The van der Waals surface area contributed by atoms with E-state index in [0.717, 1.165) is 24.2 Å². The lowest BCUT2D eigenvalue weighted by molar-refractivity contribution is -0.125. The molecule has 1 aromatic carbocycles. The third-order valence-corrected chi connectivity index (χ3v) is 3.62. The van der Waals surface area contributed by atoms with Gasteiger partial charge in [-0.15, -0.1) is 0 Å². The zero-order chi connectivity index (χ0) is 15.7.